The number of aromatic nitrogens is 1. The molecule has 134 valence electrons. The minimum atomic E-state index is -0.105. The van der Waals surface area contributed by atoms with Gasteiger partial charge in [-0.3, -0.25) is 4.79 Å². The first kappa shape index (κ1) is 22.7. The first-order chi connectivity index (χ1) is 10.6. The third kappa shape index (κ3) is 5.34. The Morgan fingerprint density at radius 2 is 1.96 bits per heavy atom. The van der Waals surface area contributed by atoms with Crippen molar-refractivity contribution in [1.29, 1.82) is 0 Å². The van der Waals surface area contributed by atoms with E-state index in [4.69, 9.17) is 10.5 Å². The van der Waals surface area contributed by atoms with E-state index in [-0.39, 0.29) is 36.8 Å². The Hall–Kier alpha value is -1.34. The Kier molecular flexibility index (Phi) is 9.92. The molecule has 0 fully saturated rings. The minimum Gasteiger partial charge on any atom is -0.494 e. The molecule has 0 radical (unpaired) electrons. The predicted molar refractivity (Wildman–Crippen MR) is 104 cm³/mol. The van der Waals surface area contributed by atoms with Gasteiger partial charge in [0.2, 0.25) is 0 Å². The Bertz CT molecular complexity index is 635. The third-order valence-electron chi connectivity index (χ3n) is 3.46. The van der Waals surface area contributed by atoms with Gasteiger partial charge < -0.3 is 15.4 Å². The highest BCUT2D eigenvalue weighted by Gasteiger charge is 2.19. The van der Waals surface area contributed by atoms with E-state index in [2.05, 4.69) is 4.98 Å². The van der Waals surface area contributed by atoms with Crippen molar-refractivity contribution in [2.75, 3.05) is 20.2 Å². The molecular formula is C16H23Cl2N3O2S. The van der Waals surface area contributed by atoms with Crippen molar-refractivity contribution < 1.29 is 9.53 Å². The molecule has 2 rings (SSSR count). The lowest BCUT2D eigenvalue weighted by Crippen LogP contribution is -2.39. The third-order valence-corrected chi connectivity index (χ3v) is 4.35. The number of nitrogens with zero attached hydrogens (tertiary/aromatic N) is 2. The van der Waals surface area contributed by atoms with E-state index in [1.807, 2.05) is 38.1 Å². The molecule has 1 amide bonds. The van der Waals surface area contributed by atoms with Gasteiger partial charge in [-0.25, -0.2) is 4.98 Å². The van der Waals surface area contributed by atoms with Crippen molar-refractivity contribution in [1.82, 2.24) is 9.88 Å². The number of hydrogen-bond donors (Lipinski definition) is 1. The van der Waals surface area contributed by atoms with Crippen molar-refractivity contribution in [3.05, 3.63) is 35.3 Å². The van der Waals surface area contributed by atoms with E-state index in [1.54, 1.807) is 17.3 Å². The molecule has 2 N–H and O–H groups in total. The second-order valence-corrected chi connectivity index (χ2v) is 5.85. The van der Waals surface area contributed by atoms with Crippen LogP contribution in [-0.4, -0.2) is 42.0 Å². The van der Waals surface area contributed by atoms with Crippen LogP contribution in [0.15, 0.2) is 29.6 Å². The maximum atomic E-state index is 12.3. The summed E-state index contributed by atoms with van der Waals surface area (Å²) in [5.41, 5.74) is 7.03. The van der Waals surface area contributed by atoms with Gasteiger partial charge in [-0.2, -0.15) is 0 Å². The SMILES string of the molecule is CCOc1ccc(-c2nc(C(=O)N(C)C(C)CN)cs2)cc1.Cl.Cl. The number of likely N-dealkylation sites (N-methyl/N-ethyl adjacent to an activating group) is 1. The predicted octanol–water partition coefficient (Wildman–Crippen LogP) is 3.47. The molecule has 5 nitrogen and oxygen atoms in total. The summed E-state index contributed by atoms with van der Waals surface area (Å²) < 4.78 is 5.42. The van der Waals surface area contributed by atoms with Gasteiger partial charge in [0.05, 0.1) is 6.61 Å². The number of thiazole rings is 1. The van der Waals surface area contributed by atoms with Gasteiger partial charge in [-0.15, -0.1) is 36.2 Å². The molecule has 1 aromatic heterocycles. The number of carbonyl (C=O) groups is 1. The molecule has 1 atom stereocenters. The van der Waals surface area contributed by atoms with Gasteiger partial charge in [0.1, 0.15) is 16.5 Å². The van der Waals surface area contributed by atoms with E-state index in [0.717, 1.165) is 16.3 Å². The van der Waals surface area contributed by atoms with Crippen LogP contribution in [0.5, 0.6) is 5.75 Å². The Morgan fingerprint density at radius 1 is 1.33 bits per heavy atom. The Labute approximate surface area is 159 Å². The number of rotatable bonds is 6. The van der Waals surface area contributed by atoms with E-state index >= 15 is 0 Å². The number of amides is 1. The highest BCUT2D eigenvalue weighted by atomic mass is 35.5. The summed E-state index contributed by atoms with van der Waals surface area (Å²) in [7, 11) is 1.75. The van der Waals surface area contributed by atoms with Crippen LogP contribution in [0.2, 0.25) is 0 Å². The highest BCUT2D eigenvalue weighted by molar-refractivity contribution is 7.13. The average Bonchev–Trinajstić information content (AvgIpc) is 3.03. The highest BCUT2D eigenvalue weighted by Crippen LogP contribution is 2.26. The summed E-state index contributed by atoms with van der Waals surface area (Å²) in [6.45, 7) is 4.93. The number of carbonyl (C=O) groups excluding carboxylic acids is 1. The van der Waals surface area contributed by atoms with Crippen LogP contribution in [0.4, 0.5) is 0 Å². The van der Waals surface area contributed by atoms with Crippen molar-refractivity contribution in [2.24, 2.45) is 5.73 Å². The summed E-state index contributed by atoms with van der Waals surface area (Å²) in [6.07, 6.45) is 0. The monoisotopic (exact) mass is 391 g/mol. The smallest absolute Gasteiger partial charge is 0.273 e. The zero-order valence-electron chi connectivity index (χ0n) is 13.9. The zero-order valence-corrected chi connectivity index (χ0v) is 16.3. The summed E-state index contributed by atoms with van der Waals surface area (Å²) in [4.78, 5) is 18.4. The number of benzene rings is 1. The molecule has 0 aliphatic heterocycles. The van der Waals surface area contributed by atoms with E-state index < -0.39 is 0 Å². The lowest BCUT2D eigenvalue weighted by atomic mass is 10.2. The maximum absolute atomic E-state index is 12.3. The number of halogens is 2. The van der Waals surface area contributed by atoms with Crippen molar-refractivity contribution in [3.63, 3.8) is 0 Å². The molecule has 0 bridgehead atoms. The van der Waals surface area contributed by atoms with Gasteiger partial charge in [0.15, 0.2) is 0 Å². The van der Waals surface area contributed by atoms with Crippen molar-refractivity contribution in [3.8, 4) is 16.3 Å². The molecule has 24 heavy (non-hydrogen) atoms. The van der Waals surface area contributed by atoms with Gasteiger partial charge in [0, 0.05) is 30.6 Å². The fourth-order valence-electron chi connectivity index (χ4n) is 1.90. The summed E-state index contributed by atoms with van der Waals surface area (Å²) in [6, 6.07) is 7.70. The number of hydrogen-bond acceptors (Lipinski definition) is 5. The summed E-state index contributed by atoms with van der Waals surface area (Å²) >= 11 is 1.46. The normalized spacial score (nSPS) is 11.0. The largest absolute Gasteiger partial charge is 0.494 e. The lowest BCUT2D eigenvalue weighted by Gasteiger charge is -2.22. The van der Waals surface area contributed by atoms with Gasteiger partial charge in [-0.05, 0) is 38.1 Å². The van der Waals surface area contributed by atoms with E-state index in [1.165, 1.54) is 11.3 Å². The lowest BCUT2D eigenvalue weighted by molar-refractivity contribution is 0.0743. The molecule has 0 saturated heterocycles. The van der Waals surface area contributed by atoms with Crippen LogP contribution in [0.3, 0.4) is 0 Å². The minimum absolute atomic E-state index is 0. The van der Waals surface area contributed by atoms with Crippen LogP contribution in [0.25, 0.3) is 10.6 Å². The molecule has 1 unspecified atom stereocenters. The number of ether oxygens (including phenoxy) is 1. The zero-order chi connectivity index (χ0) is 16.1. The van der Waals surface area contributed by atoms with Gasteiger partial charge in [-0.1, -0.05) is 0 Å². The van der Waals surface area contributed by atoms with Crippen molar-refractivity contribution in [2.45, 2.75) is 19.9 Å². The second kappa shape index (κ2) is 10.5. The molecular weight excluding hydrogens is 369 g/mol. The van der Waals surface area contributed by atoms with Crippen LogP contribution in [0, 0.1) is 0 Å². The van der Waals surface area contributed by atoms with Crippen LogP contribution in [-0.2, 0) is 0 Å². The molecule has 8 heteroatoms. The molecule has 1 heterocycles. The fraction of sp³-hybridized carbons (Fsp3) is 0.375. The molecule has 0 aliphatic carbocycles. The van der Waals surface area contributed by atoms with Gasteiger partial charge >= 0.3 is 0 Å². The average molecular weight is 392 g/mol. The Balaban J connectivity index is 0.00000264. The topological polar surface area (TPSA) is 68.5 Å². The fourth-order valence-corrected chi connectivity index (χ4v) is 2.70. The quantitative estimate of drug-likeness (QED) is 0.818. The van der Waals surface area contributed by atoms with Crippen molar-refractivity contribution >= 4 is 42.1 Å². The standard InChI is InChI=1S/C16H21N3O2S.2ClH/c1-4-21-13-7-5-12(6-8-13)15-18-14(10-22-15)16(20)19(3)11(2)9-17;;/h5-8,10-11H,4,9,17H2,1-3H3;2*1H. The molecule has 0 aliphatic rings. The maximum Gasteiger partial charge on any atom is 0.273 e. The summed E-state index contributed by atoms with van der Waals surface area (Å²) in [5.74, 6) is 0.724. The molecule has 1 aromatic carbocycles. The number of nitrogens with two attached hydrogens (primary N) is 1. The van der Waals surface area contributed by atoms with E-state index in [9.17, 15) is 4.79 Å². The Morgan fingerprint density at radius 3 is 2.50 bits per heavy atom. The first-order valence-electron chi connectivity index (χ1n) is 7.22. The second-order valence-electron chi connectivity index (χ2n) is 5.00. The molecule has 0 spiro atoms. The van der Waals surface area contributed by atoms with Crippen LogP contribution in [0.1, 0.15) is 24.3 Å². The first-order valence-corrected chi connectivity index (χ1v) is 8.10. The van der Waals surface area contributed by atoms with Gasteiger partial charge in [0.25, 0.3) is 5.91 Å². The van der Waals surface area contributed by atoms with Crippen LogP contribution >= 0.6 is 36.2 Å². The van der Waals surface area contributed by atoms with E-state index in [0.29, 0.717) is 18.8 Å². The summed E-state index contributed by atoms with van der Waals surface area (Å²) in [5, 5.41) is 2.61. The van der Waals surface area contributed by atoms with Crippen LogP contribution < -0.4 is 10.5 Å². The molecule has 2 aromatic rings. The molecule has 0 saturated carbocycles.